The van der Waals surface area contributed by atoms with Crippen molar-refractivity contribution in [2.24, 2.45) is 0 Å². The number of fused-ring (bicyclic) bond motifs is 4. The zero-order chi connectivity index (χ0) is 23.3. The Kier molecular flexibility index (Phi) is 3.74. The van der Waals surface area contributed by atoms with Crippen LogP contribution in [-0.2, 0) is 0 Å². The SMILES string of the molecule is O=C1c2ccc3c(=O)n4c5cc(Cl)c(Cl)cc5nc4c4ccc(c2c34)C(=O)N1c1ccccc1. The molecule has 34 heavy (non-hydrogen) atoms. The van der Waals surface area contributed by atoms with Gasteiger partial charge in [-0.3, -0.25) is 18.8 Å². The lowest BCUT2D eigenvalue weighted by molar-refractivity contribution is 0.0893. The summed E-state index contributed by atoms with van der Waals surface area (Å²) in [6.07, 6.45) is 0. The lowest BCUT2D eigenvalue weighted by atomic mass is 9.90. The largest absolute Gasteiger partial charge is 0.268 e. The molecule has 0 unspecified atom stereocenters. The van der Waals surface area contributed by atoms with Gasteiger partial charge < -0.3 is 0 Å². The highest BCUT2D eigenvalue weighted by Gasteiger charge is 2.35. The van der Waals surface area contributed by atoms with E-state index in [0.717, 1.165) is 0 Å². The highest BCUT2D eigenvalue weighted by Crippen LogP contribution is 2.39. The third-order valence-corrected chi connectivity index (χ3v) is 7.14. The Morgan fingerprint density at radius 3 is 2.06 bits per heavy atom. The first-order valence-corrected chi connectivity index (χ1v) is 11.2. The number of hydrogen-bond donors (Lipinski definition) is 0. The van der Waals surface area contributed by atoms with Gasteiger partial charge in [0.05, 0.1) is 26.8 Å². The summed E-state index contributed by atoms with van der Waals surface area (Å²) in [6, 6.07) is 18.7. The Balaban J connectivity index is 1.63. The number of amides is 2. The first-order chi connectivity index (χ1) is 16.5. The zero-order valence-electron chi connectivity index (χ0n) is 17.2. The Labute approximate surface area is 200 Å². The van der Waals surface area contributed by atoms with Gasteiger partial charge in [-0.05, 0) is 48.5 Å². The summed E-state index contributed by atoms with van der Waals surface area (Å²) < 4.78 is 1.50. The number of carbonyl (C=O) groups is 2. The van der Waals surface area contributed by atoms with E-state index in [-0.39, 0.29) is 5.56 Å². The number of carbonyl (C=O) groups excluding carboxylic acids is 2. The number of para-hydroxylation sites is 1. The van der Waals surface area contributed by atoms with Crippen LogP contribution in [0.1, 0.15) is 20.7 Å². The van der Waals surface area contributed by atoms with E-state index < -0.39 is 11.8 Å². The van der Waals surface area contributed by atoms with Crippen molar-refractivity contribution in [1.82, 2.24) is 9.38 Å². The van der Waals surface area contributed by atoms with Crippen LogP contribution in [0.15, 0.2) is 71.5 Å². The monoisotopic (exact) mass is 483 g/mol. The van der Waals surface area contributed by atoms with Crippen molar-refractivity contribution in [3.63, 3.8) is 0 Å². The van der Waals surface area contributed by atoms with E-state index in [2.05, 4.69) is 4.98 Å². The molecule has 0 N–H and O–H groups in total. The standard InChI is InChI=1S/C26H11Cl2N3O3/c27-17-10-19-20(11-18(17)28)31-23(29-19)13-6-7-15-22-16(9-8-14(21(13)22)26(31)34)25(33)30(24(15)32)12-4-2-1-3-5-12/h1-11H. The van der Waals surface area contributed by atoms with Crippen molar-refractivity contribution < 1.29 is 9.59 Å². The number of rotatable bonds is 1. The summed E-state index contributed by atoms with van der Waals surface area (Å²) in [5, 5.41) is 2.73. The Morgan fingerprint density at radius 1 is 0.706 bits per heavy atom. The molecule has 0 saturated heterocycles. The van der Waals surface area contributed by atoms with Crippen LogP contribution in [-0.4, -0.2) is 21.2 Å². The van der Waals surface area contributed by atoms with Gasteiger partial charge >= 0.3 is 0 Å². The number of halogens is 2. The van der Waals surface area contributed by atoms with E-state index in [0.29, 0.717) is 65.1 Å². The Hall–Kier alpha value is -4.00. The smallest absolute Gasteiger partial charge is 0.265 e. The van der Waals surface area contributed by atoms with Gasteiger partial charge in [0.15, 0.2) is 0 Å². The average molecular weight is 484 g/mol. The van der Waals surface area contributed by atoms with E-state index in [1.165, 1.54) is 9.30 Å². The van der Waals surface area contributed by atoms with Crippen molar-refractivity contribution in [1.29, 1.82) is 0 Å². The fourth-order valence-electron chi connectivity index (χ4n) is 4.94. The predicted octanol–water partition coefficient (Wildman–Crippen LogP) is 5.70. The minimum atomic E-state index is -0.433. The molecule has 1 aliphatic heterocycles. The molecule has 6 aromatic rings. The van der Waals surface area contributed by atoms with Crippen molar-refractivity contribution in [3.05, 3.63) is 98.3 Å². The molecule has 0 fully saturated rings. The predicted molar refractivity (Wildman–Crippen MR) is 133 cm³/mol. The van der Waals surface area contributed by atoms with E-state index in [4.69, 9.17) is 23.2 Å². The Morgan fingerprint density at radius 2 is 1.35 bits per heavy atom. The highest BCUT2D eigenvalue weighted by atomic mass is 35.5. The highest BCUT2D eigenvalue weighted by molar-refractivity contribution is 6.43. The van der Waals surface area contributed by atoms with Gasteiger partial charge in [0.25, 0.3) is 17.4 Å². The van der Waals surface area contributed by atoms with Crippen LogP contribution in [0.4, 0.5) is 5.69 Å². The molecule has 1 aliphatic rings. The molecule has 0 spiro atoms. The first-order valence-electron chi connectivity index (χ1n) is 10.4. The zero-order valence-corrected chi connectivity index (χ0v) is 18.7. The van der Waals surface area contributed by atoms with E-state index in [1.807, 2.05) is 6.07 Å². The molecule has 0 saturated carbocycles. The van der Waals surface area contributed by atoms with Crippen LogP contribution in [0.3, 0.4) is 0 Å². The van der Waals surface area contributed by atoms with Gasteiger partial charge in [-0.2, -0.15) is 0 Å². The van der Waals surface area contributed by atoms with Crippen molar-refractivity contribution in [3.8, 4) is 0 Å². The van der Waals surface area contributed by atoms with Crippen LogP contribution in [0, 0.1) is 0 Å². The van der Waals surface area contributed by atoms with Gasteiger partial charge in [0, 0.05) is 32.7 Å². The number of aromatic nitrogens is 2. The number of imide groups is 1. The van der Waals surface area contributed by atoms with Crippen molar-refractivity contribution >= 4 is 78.9 Å². The number of anilines is 1. The fourth-order valence-corrected chi connectivity index (χ4v) is 5.26. The summed E-state index contributed by atoms with van der Waals surface area (Å²) in [6.45, 7) is 0. The lowest BCUT2D eigenvalue weighted by Crippen LogP contribution is -2.40. The van der Waals surface area contributed by atoms with Gasteiger partial charge in [0.1, 0.15) is 5.65 Å². The second-order valence-corrected chi connectivity index (χ2v) is 9.00. The van der Waals surface area contributed by atoms with Gasteiger partial charge in [0.2, 0.25) is 0 Å². The summed E-state index contributed by atoms with van der Waals surface area (Å²) in [5.74, 6) is -0.866. The maximum atomic E-state index is 13.6. The van der Waals surface area contributed by atoms with Crippen LogP contribution in [0.25, 0.3) is 38.2 Å². The molecule has 0 atom stereocenters. The fraction of sp³-hybridized carbons (Fsp3) is 0. The second-order valence-electron chi connectivity index (χ2n) is 8.18. The molecular weight excluding hydrogens is 473 g/mol. The third-order valence-electron chi connectivity index (χ3n) is 6.41. The van der Waals surface area contributed by atoms with Crippen LogP contribution in [0.2, 0.25) is 10.0 Å². The minimum Gasteiger partial charge on any atom is -0.268 e. The molecule has 0 radical (unpaired) electrons. The number of nitrogens with zero attached hydrogens (tertiary/aromatic N) is 3. The Bertz CT molecular complexity index is 1930. The average Bonchev–Trinajstić information content (AvgIpc) is 3.20. The topological polar surface area (TPSA) is 71.7 Å². The number of hydrogen-bond acceptors (Lipinski definition) is 4. The number of imidazole rings is 1. The second kappa shape index (κ2) is 6.53. The van der Waals surface area contributed by atoms with Crippen LogP contribution < -0.4 is 10.5 Å². The summed E-state index contributed by atoms with van der Waals surface area (Å²) in [7, 11) is 0. The molecule has 8 heteroatoms. The van der Waals surface area contributed by atoms with Crippen molar-refractivity contribution in [2.75, 3.05) is 4.90 Å². The molecule has 0 bridgehead atoms. The molecule has 2 aromatic heterocycles. The maximum Gasteiger partial charge on any atom is 0.265 e. The number of pyridine rings is 1. The molecule has 7 rings (SSSR count). The summed E-state index contributed by atoms with van der Waals surface area (Å²) in [4.78, 5) is 46.3. The van der Waals surface area contributed by atoms with Crippen LogP contribution in [0.5, 0.6) is 0 Å². The molecule has 0 aliphatic carbocycles. The van der Waals surface area contributed by atoms with Gasteiger partial charge in [-0.25, -0.2) is 9.88 Å². The quantitative estimate of drug-likeness (QED) is 0.281. The van der Waals surface area contributed by atoms with E-state index in [9.17, 15) is 14.4 Å². The minimum absolute atomic E-state index is 0.308. The van der Waals surface area contributed by atoms with E-state index >= 15 is 0 Å². The molecule has 2 amide bonds. The maximum absolute atomic E-state index is 13.6. The van der Waals surface area contributed by atoms with Gasteiger partial charge in [-0.15, -0.1) is 0 Å². The summed E-state index contributed by atoms with van der Waals surface area (Å²) >= 11 is 12.4. The molecule has 4 aromatic carbocycles. The third kappa shape index (κ3) is 2.31. The molecule has 162 valence electrons. The van der Waals surface area contributed by atoms with Crippen molar-refractivity contribution in [2.45, 2.75) is 0 Å². The summed E-state index contributed by atoms with van der Waals surface area (Å²) in [5.41, 5.74) is 2.39. The van der Waals surface area contributed by atoms with E-state index in [1.54, 1.807) is 60.7 Å². The molecular formula is C26H11Cl2N3O3. The first kappa shape index (κ1) is 19.5. The van der Waals surface area contributed by atoms with Crippen LogP contribution >= 0.6 is 23.2 Å². The lowest BCUT2D eigenvalue weighted by Gasteiger charge is -2.27. The normalized spacial score (nSPS) is 13.8. The van der Waals surface area contributed by atoms with Gasteiger partial charge in [-0.1, -0.05) is 41.4 Å². The molecule has 3 heterocycles. The molecule has 6 nitrogen and oxygen atoms in total. The number of benzene rings is 4.